The maximum absolute atomic E-state index is 13.6. The number of carbonyl (C=O) groups is 1. The van der Waals surface area contributed by atoms with E-state index in [4.69, 9.17) is 0 Å². The highest BCUT2D eigenvalue weighted by Gasteiger charge is 2.25. The number of carboxylic acids is 1. The van der Waals surface area contributed by atoms with E-state index in [1.165, 1.54) is 23.5 Å². The van der Waals surface area contributed by atoms with Crippen molar-refractivity contribution >= 4 is 34.4 Å². The fourth-order valence-corrected chi connectivity index (χ4v) is 5.09. The first kappa shape index (κ1) is 18.8. The lowest BCUT2D eigenvalue weighted by Crippen LogP contribution is -2.03. The van der Waals surface area contributed by atoms with Gasteiger partial charge in [0, 0.05) is 33.4 Å². The molecular formula is C24H19FN2O2S. The highest BCUT2D eigenvalue weighted by Crippen LogP contribution is 2.44. The Morgan fingerprint density at radius 2 is 1.93 bits per heavy atom. The molecule has 6 heteroatoms. The smallest absolute Gasteiger partial charge is 0.345 e. The Labute approximate surface area is 176 Å². The lowest BCUT2D eigenvalue weighted by molar-refractivity contribution is 0.0702. The molecule has 0 fully saturated rings. The zero-order valence-electron chi connectivity index (χ0n) is 16.5. The van der Waals surface area contributed by atoms with Gasteiger partial charge in [0.05, 0.1) is 12.1 Å². The Morgan fingerprint density at radius 3 is 2.60 bits per heavy atom. The number of fused-ring (bicyclic) bond motifs is 2. The number of nitrogens with zero attached hydrogens (tertiary/aromatic N) is 2. The van der Waals surface area contributed by atoms with Crippen molar-refractivity contribution in [1.29, 1.82) is 0 Å². The number of aromatic carboxylic acids is 1. The van der Waals surface area contributed by atoms with Gasteiger partial charge in [-0.1, -0.05) is 13.8 Å². The fourth-order valence-electron chi connectivity index (χ4n) is 4.17. The van der Waals surface area contributed by atoms with Gasteiger partial charge in [0.25, 0.3) is 0 Å². The molecule has 0 spiro atoms. The van der Waals surface area contributed by atoms with Crippen molar-refractivity contribution in [3.63, 3.8) is 0 Å². The Hall–Kier alpha value is -3.25. The lowest BCUT2D eigenvalue weighted by Gasteiger charge is -2.15. The molecule has 3 heterocycles. The number of carboxylic acid groups (broad SMARTS) is 1. The topological polar surface area (TPSA) is 54.6 Å². The molecule has 0 amide bonds. The molecule has 150 valence electrons. The number of aliphatic imine (C=N–C) groups is 1. The second-order valence-corrected chi connectivity index (χ2v) is 8.82. The van der Waals surface area contributed by atoms with Crippen LogP contribution in [0.15, 0.2) is 53.5 Å². The molecule has 1 aliphatic rings. The molecule has 1 aliphatic heterocycles. The van der Waals surface area contributed by atoms with Gasteiger partial charge in [-0.05, 0) is 65.6 Å². The third-order valence-electron chi connectivity index (χ3n) is 5.45. The largest absolute Gasteiger partial charge is 0.477 e. The summed E-state index contributed by atoms with van der Waals surface area (Å²) in [5, 5.41) is 10.5. The summed E-state index contributed by atoms with van der Waals surface area (Å²) in [6.45, 7) is 4.89. The van der Waals surface area contributed by atoms with E-state index in [-0.39, 0.29) is 11.7 Å². The number of hydrogen-bond donors (Lipinski definition) is 1. The van der Waals surface area contributed by atoms with Crippen LogP contribution in [-0.2, 0) is 6.54 Å². The Kier molecular flexibility index (Phi) is 4.33. The number of aromatic nitrogens is 1. The summed E-state index contributed by atoms with van der Waals surface area (Å²) < 4.78 is 15.8. The molecular weight excluding hydrogens is 399 g/mol. The minimum Gasteiger partial charge on any atom is -0.477 e. The molecule has 4 aromatic rings. The van der Waals surface area contributed by atoms with Crippen molar-refractivity contribution in [2.75, 3.05) is 0 Å². The SMILES string of the molecule is CC(C)c1c(-c2ccc(C(=O)O)s2)c2cc3c(cc2n1-c1ccc(F)cc1)C=NC3. The van der Waals surface area contributed by atoms with E-state index < -0.39 is 5.97 Å². The molecule has 30 heavy (non-hydrogen) atoms. The first-order chi connectivity index (χ1) is 14.4. The van der Waals surface area contributed by atoms with Crippen LogP contribution in [0.5, 0.6) is 0 Å². The summed E-state index contributed by atoms with van der Waals surface area (Å²) in [6, 6.07) is 14.3. The van der Waals surface area contributed by atoms with Crippen molar-refractivity contribution in [3.05, 3.63) is 76.0 Å². The zero-order valence-corrected chi connectivity index (χ0v) is 17.3. The maximum Gasteiger partial charge on any atom is 0.345 e. The normalized spacial score (nSPS) is 12.8. The van der Waals surface area contributed by atoms with Gasteiger partial charge in [0.15, 0.2) is 0 Å². The molecule has 5 rings (SSSR count). The molecule has 4 nitrogen and oxygen atoms in total. The summed E-state index contributed by atoms with van der Waals surface area (Å²) in [4.78, 5) is 17.1. The molecule has 0 radical (unpaired) electrons. The summed E-state index contributed by atoms with van der Waals surface area (Å²) in [7, 11) is 0. The standard InChI is InChI=1S/C24H19FN2O2S/c1-13(2)23-22(20-7-8-21(30-20)24(28)29)18-9-14-11-26-12-15(14)10-19(18)27(23)17-5-3-16(25)4-6-17/h3-10,12-13H,11H2,1-2H3,(H,28,29). The van der Waals surface area contributed by atoms with Crippen molar-refractivity contribution < 1.29 is 14.3 Å². The number of rotatable bonds is 4. The van der Waals surface area contributed by atoms with Crippen LogP contribution in [0.1, 0.15) is 46.3 Å². The molecule has 0 atom stereocenters. The summed E-state index contributed by atoms with van der Waals surface area (Å²) in [6.07, 6.45) is 1.89. The van der Waals surface area contributed by atoms with E-state index >= 15 is 0 Å². The van der Waals surface area contributed by atoms with Crippen LogP contribution in [0.4, 0.5) is 4.39 Å². The van der Waals surface area contributed by atoms with Gasteiger partial charge in [-0.25, -0.2) is 9.18 Å². The average molecular weight is 418 g/mol. The third kappa shape index (κ3) is 2.87. The van der Waals surface area contributed by atoms with Crippen molar-refractivity contribution in [2.45, 2.75) is 26.3 Å². The monoisotopic (exact) mass is 418 g/mol. The molecule has 2 aromatic carbocycles. The van der Waals surface area contributed by atoms with E-state index in [0.29, 0.717) is 11.4 Å². The summed E-state index contributed by atoms with van der Waals surface area (Å²) >= 11 is 1.28. The first-order valence-electron chi connectivity index (χ1n) is 9.74. The van der Waals surface area contributed by atoms with Gasteiger partial charge < -0.3 is 9.67 Å². The Balaban J connectivity index is 1.89. The van der Waals surface area contributed by atoms with Crippen LogP contribution in [0, 0.1) is 5.82 Å². The summed E-state index contributed by atoms with van der Waals surface area (Å²) in [5.41, 5.74) is 6.25. The number of thiophene rings is 1. The lowest BCUT2D eigenvalue weighted by atomic mass is 10.00. The maximum atomic E-state index is 13.6. The minimum atomic E-state index is -0.922. The molecule has 0 aliphatic carbocycles. The number of hydrogen-bond acceptors (Lipinski definition) is 3. The highest BCUT2D eigenvalue weighted by molar-refractivity contribution is 7.17. The zero-order chi connectivity index (χ0) is 21.0. The van der Waals surface area contributed by atoms with E-state index in [2.05, 4.69) is 35.5 Å². The average Bonchev–Trinajstić information content (AvgIpc) is 3.43. The quantitative estimate of drug-likeness (QED) is 0.426. The van der Waals surface area contributed by atoms with Crippen LogP contribution in [0.25, 0.3) is 27.0 Å². The number of halogens is 1. The van der Waals surface area contributed by atoms with Crippen LogP contribution < -0.4 is 0 Å². The fraction of sp³-hybridized carbons (Fsp3) is 0.167. The second kappa shape index (κ2) is 6.92. The van der Waals surface area contributed by atoms with Crippen molar-refractivity contribution in [3.8, 4) is 16.1 Å². The van der Waals surface area contributed by atoms with Crippen LogP contribution >= 0.6 is 11.3 Å². The van der Waals surface area contributed by atoms with Crippen LogP contribution in [0.2, 0.25) is 0 Å². The molecule has 0 bridgehead atoms. The van der Waals surface area contributed by atoms with Crippen molar-refractivity contribution in [2.24, 2.45) is 4.99 Å². The predicted octanol–water partition coefficient (Wildman–Crippen LogP) is 6.25. The molecule has 2 aromatic heterocycles. The van der Waals surface area contributed by atoms with E-state index in [1.54, 1.807) is 18.2 Å². The first-order valence-corrected chi connectivity index (χ1v) is 10.6. The van der Waals surface area contributed by atoms with Gasteiger partial charge in [-0.15, -0.1) is 11.3 Å². The van der Waals surface area contributed by atoms with E-state index in [0.717, 1.165) is 43.9 Å². The summed E-state index contributed by atoms with van der Waals surface area (Å²) in [5.74, 6) is -1.04. The minimum absolute atomic E-state index is 0.163. The van der Waals surface area contributed by atoms with Gasteiger partial charge in [-0.2, -0.15) is 0 Å². The van der Waals surface area contributed by atoms with Crippen LogP contribution in [0.3, 0.4) is 0 Å². The second-order valence-electron chi connectivity index (χ2n) is 7.73. The Bertz CT molecular complexity index is 1330. The van der Waals surface area contributed by atoms with E-state index in [9.17, 15) is 14.3 Å². The van der Waals surface area contributed by atoms with Gasteiger partial charge >= 0.3 is 5.97 Å². The third-order valence-corrected chi connectivity index (χ3v) is 6.54. The van der Waals surface area contributed by atoms with Gasteiger partial charge in [0.1, 0.15) is 10.7 Å². The molecule has 0 saturated carbocycles. The molecule has 0 unspecified atom stereocenters. The van der Waals surface area contributed by atoms with E-state index in [1.807, 2.05) is 12.3 Å². The molecule has 1 N–H and O–H groups in total. The Morgan fingerprint density at radius 1 is 1.17 bits per heavy atom. The molecule has 0 saturated heterocycles. The van der Waals surface area contributed by atoms with Gasteiger partial charge in [-0.3, -0.25) is 4.99 Å². The van der Waals surface area contributed by atoms with Crippen molar-refractivity contribution in [1.82, 2.24) is 4.57 Å². The number of benzene rings is 2. The predicted molar refractivity (Wildman–Crippen MR) is 119 cm³/mol. The van der Waals surface area contributed by atoms with Crippen LogP contribution in [-0.4, -0.2) is 21.9 Å². The van der Waals surface area contributed by atoms with Gasteiger partial charge in [0.2, 0.25) is 0 Å². The highest BCUT2D eigenvalue weighted by atomic mass is 32.1.